The minimum Gasteiger partial charge on any atom is -0.497 e. The van der Waals surface area contributed by atoms with Gasteiger partial charge in [0.05, 0.1) is 37.6 Å². The normalized spacial score (nSPS) is 10.5. The second-order valence-corrected chi connectivity index (χ2v) is 6.18. The van der Waals surface area contributed by atoms with Gasteiger partial charge >= 0.3 is 11.9 Å². The van der Waals surface area contributed by atoms with Crippen LogP contribution in [0.5, 0.6) is 5.75 Å². The van der Waals surface area contributed by atoms with Crippen LogP contribution in [-0.4, -0.2) is 35.8 Å². The van der Waals surface area contributed by atoms with Crippen LogP contribution in [0.2, 0.25) is 0 Å². The Morgan fingerprint density at radius 2 is 1.68 bits per heavy atom. The largest absolute Gasteiger partial charge is 0.497 e. The Balaban J connectivity index is 2.18. The molecule has 144 valence electrons. The summed E-state index contributed by atoms with van der Waals surface area (Å²) in [7, 11) is 2.94. The highest BCUT2D eigenvalue weighted by molar-refractivity contribution is 5.94. The van der Waals surface area contributed by atoms with Crippen molar-refractivity contribution in [2.24, 2.45) is 0 Å². The summed E-state index contributed by atoms with van der Waals surface area (Å²) in [6.45, 7) is 0. The molecular formula is C22H21NO5. The van der Waals surface area contributed by atoms with Crippen LogP contribution in [0.1, 0.15) is 22.5 Å². The van der Waals surface area contributed by atoms with Crippen LogP contribution >= 0.6 is 0 Å². The minimum absolute atomic E-state index is 0.00748. The highest BCUT2D eigenvalue weighted by atomic mass is 16.5. The van der Waals surface area contributed by atoms with Crippen molar-refractivity contribution < 1.29 is 24.2 Å². The number of hydrogen-bond acceptors (Lipinski definition) is 4. The molecule has 3 aromatic rings. The zero-order valence-electron chi connectivity index (χ0n) is 15.7. The van der Waals surface area contributed by atoms with Gasteiger partial charge in [0.1, 0.15) is 5.75 Å². The quantitative estimate of drug-likeness (QED) is 0.629. The van der Waals surface area contributed by atoms with Crippen molar-refractivity contribution >= 4 is 11.9 Å². The van der Waals surface area contributed by atoms with E-state index in [4.69, 9.17) is 14.6 Å². The number of carboxylic acid groups (broad SMARTS) is 1. The molecule has 0 atom stereocenters. The maximum atomic E-state index is 12.3. The number of methoxy groups -OCH3 is 2. The van der Waals surface area contributed by atoms with Gasteiger partial charge < -0.3 is 19.1 Å². The number of carbonyl (C=O) groups is 2. The molecule has 0 unspecified atom stereocenters. The van der Waals surface area contributed by atoms with E-state index in [1.54, 1.807) is 19.2 Å². The lowest BCUT2D eigenvalue weighted by Gasteiger charge is -2.17. The van der Waals surface area contributed by atoms with Gasteiger partial charge in [-0.05, 0) is 60.5 Å². The van der Waals surface area contributed by atoms with Crippen molar-refractivity contribution in [3.8, 4) is 22.7 Å². The molecule has 0 amide bonds. The summed E-state index contributed by atoms with van der Waals surface area (Å²) in [6.07, 6.45) is 0.327. The summed E-state index contributed by atoms with van der Waals surface area (Å²) in [5.74, 6) is -0.586. The number of hydrogen-bond donors (Lipinski definition) is 1. The lowest BCUT2D eigenvalue weighted by molar-refractivity contribution is -0.136. The number of aryl methyl sites for hydroxylation is 1. The number of carboxylic acids is 1. The molecule has 3 rings (SSSR count). The van der Waals surface area contributed by atoms with E-state index in [9.17, 15) is 9.59 Å². The van der Waals surface area contributed by atoms with E-state index in [1.165, 1.54) is 7.11 Å². The van der Waals surface area contributed by atoms with E-state index >= 15 is 0 Å². The van der Waals surface area contributed by atoms with Gasteiger partial charge in [-0.3, -0.25) is 4.79 Å². The molecule has 6 heteroatoms. The Hall–Kier alpha value is -3.54. The lowest BCUT2D eigenvalue weighted by Crippen LogP contribution is -2.11. The molecule has 0 saturated heterocycles. The number of esters is 1. The molecule has 0 aliphatic heterocycles. The first kappa shape index (κ1) is 19.2. The van der Waals surface area contributed by atoms with Gasteiger partial charge in [0.15, 0.2) is 0 Å². The smallest absolute Gasteiger partial charge is 0.339 e. The van der Waals surface area contributed by atoms with Gasteiger partial charge in [-0.2, -0.15) is 0 Å². The van der Waals surface area contributed by atoms with E-state index in [-0.39, 0.29) is 6.42 Å². The Morgan fingerprint density at radius 1 is 0.964 bits per heavy atom. The SMILES string of the molecule is COC(=O)c1ccccc1-n1c(CCC(=O)O)ccc1-c1ccc(OC)cc1. The van der Waals surface area contributed by atoms with Crippen molar-refractivity contribution in [2.45, 2.75) is 12.8 Å². The first-order chi connectivity index (χ1) is 13.5. The van der Waals surface area contributed by atoms with Crippen molar-refractivity contribution in [3.63, 3.8) is 0 Å². The molecule has 0 fully saturated rings. The lowest BCUT2D eigenvalue weighted by atomic mass is 10.1. The molecule has 0 spiro atoms. The van der Waals surface area contributed by atoms with Crippen LogP contribution in [-0.2, 0) is 16.0 Å². The maximum Gasteiger partial charge on any atom is 0.339 e. The molecule has 0 radical (unpaired) electrons. The molecule has 0 aliphatic carbocycles. The second kappa shape index (κ2) is 8.43. The number of para-hydroxylation sites is 1. The predicted molar refractivity (Wildman–Crippen MR) is 105 cm³/mol. The fraction of sp³-hybridized carbons (Fsp3) is 0.182. The monoisotopic (exact) mass is 379 g/mol. The molecule has 28 heavy (non-hydrogen) atoms. The molecule has 1 heterocycles. The van der Waals surface area contributed by atoms with E-state index in [0.29, 0.717) is 17.7 Å². The van der Waals surface area contributed by atoms with Crippen LogP contribution in [0.15, 0.2) is 60.7 Å². The van der Waals surface area contributed by atoms with Gasteiger partial charge in [-0.15, -0.1) is 0 Å². The van der Waals surface area contributed by atoms with Crippen molar-refractivity contribution in [3.05, 3.63) is 71.9 Å². The van der Waals surface area contributed by atoms with Gasteiger partial charge in [-0.1, -0.05) is 12.1 Å². The Bertz CT molecular complexity index is 988. The number of aromatic nitrogens is 1. The van der Waals surface area contributed by atoms with Crippen LogP contribution in [0.3, 0.4) is 0 Å². The van der Waals surface area contributed by atoms with Gasteiger partial charge in [0.25, 0.3) is 0 Å². The number of nitrogens with zero attached hydrogens (tertiary/aromatic N) is 1. The summed E-state index contributed by atoms with van der Waals surface area (Å²) in [6, 6.07) is 18.5. The van der Waals surface area contributed by atoms with E-state index in [1.807, 2.05) is 53.1 Å². The summed E-state index contributed by atoms with van der Waals surface area (Å²) in [5, 5.41) is 9.10. The number of aliphatic carboxylic acids is 1. The highest BCUT2D eigenvalue weighted by Gasteiger charge is 2.19. The van der Waals surface area contributed by atoms with Crippen molar-refractivity contribution in [2.75, 3.05) is 14.2 Å². The molecule has 0 bridgehead atoms. The average molecular weight is 379 g/mol. The number of benzene rings is 2. The minimum atomic E-state index is -0.875. The molecule has 6 nitrogen and oxygen atoms in total. The van der Waals surface area contributed by atoms with Crippen molar-refractivity contribution in [1.82, 2.24) is 4.57 Å². The summed E-state index contributed by atoms with van der Waals surface area (Å²) in [5.41, 5.74) is 3.61. The molecule has 2 aromatic carbocycles. The third-order valence-corrected chi connectivity index (χ3v) is 4.49. The average Bonchev–Trinajstić information content (AvgIpc) is 3.15. The van der Waals surface area contributed by atoms with Crippen LogP contribution in [0.25, 0.3) is 16.9 Å². The first-order valence-electron chi connectivity index (χ1n) is 8.79. The third kappa shape index (κ3) is 3.91. The van der Waals surface area contributed by atoms with Gasteiger partial charge in [0.2, 0.25) is 0 Å². The Morgan fingerprint density at radius 3 is 2.32 bits per heavy atom. The van der Waals surface area contributed by atoms with Crippen molar-refractivity contribution in [1.29, 1.82) is 0 Å². The van der Waals surface area contributed by atoms with Crippen LogP contribution in [0.4, 0.5) is 0 Å². The van der Waals surface area contributed by atoms with Gasteiger partial charge in [0, 0.05) is 5.69 Å². The third-order valence-electron chi connectivity index (χ3n) is 4.49. The number of rotatable bonds is 7. The first-order valence-corrected chi connectivity index (χ1v) is 8.79. The summed E-state index contributed by atoms with van der Waals surface area (Å²) in [4.78, 5) is 23.4. The standard InChI is InChI=1S/C22H21NO5/c1-27-17-11-7-15(8-12-17)19-13-9-16(10-14-21(24)25)23(19)20-6-4-3-5-18(20)22(26)28-2/h3-9,11-13H,10,14H2,1-2H3,(H,24,25). The molecule has 1 aromatic heterocycles. The molecule has 0 saturated carbocycles. The van der Waals surface area contributed by atoms with Crippen LogP contribution in [0, 0.1) is 0 Å². The molecule has 0 aliphatic rings. The zero-order chi connectivity index (χ0) is 20.1. The molecular weight excluding hydrogens is 358 g/mol. The zero-order valence-corrected chi connectivity index (χ0v) is 15.7. The van der Waals surface area contributed by atoms with E-state index in [2.05, 4.69) is 0 Å². The van der Waals surface area contributed by atoms with Gasteiger partial charge in [-0.25, -0.2) is 4.79 Å². The highest BCUT2D eigenvalue weighted by Crippen LogP contribution is 2.30. The number of ether oxygens (including phenoxy) is 2. The molecule has 1 N–H and O–H groups in total. The predicted octanol–water partition coefficient (Wildman–Crippen LogP) is 3.96. The van der Waals surface area contributed by atoms with E-state index < -0.39 is 11.9 Å². The topological polar surface area (TPSA) is 77.8 Å². The second-order valence-electron chi connectivity index (χ2n) is 6.18. The number of carbonyl (C=O) groups excluding carboxylic acids is 1. The fourth-order valence-corrected chi connectivity index (χ4v) is 3.13. The maximum absolute atomic E-state index is 12.3. The fourth-order valence-electron chi connectivity index (χ4n) is 3.13. The summed E-state index contributed by atoms with van der Waals surface area (Å²) >= 11 is 0. The van der Waals surface area contributed by atoms with E-state index in [0.717, 1.165) is 22.7 Å². The Kier molecular flexibility index (Phi) is 5.79. The Labute approximate surface area is 162 Å². The van der Waals surface area contributed by atoms with Crippen LogP contribution < -0.4 is 4.74 Å². The summed E-state index contributed by atoms with van der Waals surface area (Å²) < 4.78 is 12.1.